The highest BCUT2D eigenvalue weighted by molar-refractivity contribution is 7.22. The van der Waals surface area contributed by atoms with Crippen LogP contribution in [0.3, 0.4) is 0 Å². The maximum absolute atomic E-state index is 13.8. The minimum atomic E-state index is -0.156. The number of hydrogen-bond acceptors (Lipinski definition) is 6. The summed E-state index contributed by atoms with van der Waals surface area (Å²) in [6.45, 7) is 7.76. The number of amides is 1. The lowest BCUT2D eigenvalue weighted by Gasteiger charge is -2.21. The van der Waals surface area contributed by atoms with Gasteiger partial charge in [0, 0.05) is 5.56 Å². The molecule has 4 aromatic rings. The van der Waals surface area contributed by atoms with Crippen LogP contribution in [0.5, 0.6) is 17.2 Å². The first-order valence-corrected chi connectivity index (χ1v) is 12.2. The Labute approximate surface area is 203 Å². The SMILES string of the molecule is CCOc1ccc2nc(N(Cc3ccccc3)C(=O)c3ccc(OCC)c(OCC)c3)sc2c1. The van der Waals surface area contributed by atoms with Crippen molar-refractivity contribution < 1.29 is 19.0 Å². The molecular weight excluding hydrogens is 448 g/mol. The fraction of sp³-hybridized carbons (Fsp3) is 0.259. The number of anilines is 1. The van der Waals surface area contributed by atoms with Gasteiger partial charge in [0.1, 0.15) is 5.75 Å². The molecule has 176 valence electrons. The van der Waals surface area contributed by atoms with E-state index in [0.717, 1.165) is 21.5 Å². The molecule has 1 amide bonds. The Morgan fingerprint density at radius 2 is 1.59 bits per heavy atom. The molecule has 0 aliphatic carbocycles. The van der Waals surface area contributed by atoms with Crippen LogP contribution in [0.2, 0.25) is 0 Å². The zero-order chi connectivity index (χ0) is 23.9. The zero-order valence-corrected chi connectivity index (χ0v) is 20.4. The molecule has 0 saturated carbocycles. The number of fused-ring (bicyclic) bond motifs is 1. The van der Waals surface area contributed by atoms with Gasteiger partial charge in [0.15, 0.2) is 16.6 Å². The van der Waals surface area contributed by atoms with Crippen LogP contribution < -0.4 is 19.1 Å². The molecule has 0 radical (unpaired) electrons. The summed E-state index contributed by atoms with van der Waals surface area (Å²) in [5.74, 6) is 1.82. The van der Waals surface area contributed by atoms with Gasteiger partial charge in [-0.15, -0.1) is 0 Å². The summed E-state index contributed by atoms with van der Waals surface area (Å²) in [4.78, 5) is 20.3. The number of thiazole rings is 1. The smallest absolute Gasteiger partial charge is 0.260 e. The van der Waals surface area contributed by atoms with Crippen molar-refractivity contribution in [3.8, 4) is 17.2 Å². The van der Waals surface area contributed by atoms with E-state index >= 15 is 0 Å². The standard InChI is InChI=1S/C27H28N2O4S/c1-4-31-21-13-14-22-25(17-21)34-27(28-22)29(18-19-10-8-7-9-11-19)26(30)20-12-15-23(32-5-2)24(16-20)33-6-3/h7-17H,4-6,18H2,1-3H3. The predicted octanol–water partition coefficient (Wildman–Crippen LogP) is 6.34. The van der Waals surface area contributed by atoms with E-state index in [1.165, 1.54) is 11.3 Å². The van der Waals surface area contributed by atoms with Gasteiger partial charge in [0.05, 0.1) is 36.6 Å². The number of hydrogen-bond donors (Lipinski definition) is 0. The maximum Gasteiger partial charge on any atom is 0.260 e. The molecule has 1 heterocycles. The van der Waals surface area contributed by atoms with Gasteiger partial charge >= 0.3 is 0 Å². The lowest BCUT2D eigenvalue weighted by molar-refractivity contribution is 0.0984. The summed E-state index contributed by atoms with van der Waals surface area (Å²) >= 11 is 1.47. The predicted molar refractivity (Wildman–Crippen MR) is 137 cm³/mol. The van der Waals surface area contributed by atoms with Crippen molar-refractivity contribution in [2.75, 3.05) is 24.7 Å². The second-order valence-electron chi connectivity index (χ2n) is 7.46. The average molecular weight is 477 g/mol. The third kappa shape index (κ3) is 5.31. The molecule has 0 saturated heterocycles. The number of carbonyl (C=O) groups is 1. The second kappa shape index (κ2) is 11.0. The summed E-state index contributed by atoms with van der Waals surface area (Å²) < 4.78 is 18.0. The van der Waals surface area contributed by atoms with Gasteiger partial charge in [-0.1, -0.05) is 41.7 Å². The first-order chi connectivity index (χ1) is 16.6. The maximum atomic E-state index is 13.8. The Bertz CT molecular complexity index is 1260. The third-order valence-corrected chi connectivity index (χ3v) is 6.15. The van der Waals surface area contributed by atoms with E-state index in [1.54, 1.807) is 23.1 Å². The molecule has 4 rings (SSSR count). The van der Waals surface area contributed by atoms with E-state index in [0.29, 0.717) is 48.6 Å². The summed E-state index contributed by atoms with van der Waals surface area (Å²) in [6.07, 6.45) is 0. The van der Waals surface area contributed by atoms with Gasteiger partial charge in [-0.2, -0.15) is 0 Å². The van der Waals surface area contributed by atoms with Crippen LogP contribution in [0.1, 0.15) is 36.7 Å². The Morgan fingerprint density at radius 3 is 2.32 bits per heavy atom. The largest absolute Gasteiger partial charge is 0.494 e. The molecule has 34 heavy (non-hydrogen) atoms. The van der Waals surface area contributed by atoms with Crippen LogP contribution in [0.25, 0.3) is 10.2 Å². The Morgan fingerprint density at radius 1 is 0.853 bits per heavy atom. The van der Waals surface area contributed by atoms with Crippen molar-refractivity contribution in [3.63, 3.8) is 0 Å². The van der Waals surface area contributed by atoms with Crippen molar-refractivity contribution in [2.45, 2.75) is 27.3 Å². The molecule has 0 N–H and O–H groups in total. The molecule has 0 spiro atoms. The molecule has 0 fully saturated rings. The molecule has 1 aromatic heterocycles. The van der Waals surface area contributed by atoms with Crippen LogP contribution in [-0.4, -0.2) is 30.7 Å². The minimum absolute atomic E-state index is 0.156. The highest BCUT2D eigenvalue weighted by Crippen LogP contribution is 2.34. The average Bonchev–Trinajstić information content (AvgIpc) is 3.27. The summed E-state index contributed by atoms with van der Waals surface area (Å²) in [6, 6.07) is 21.0. The van der Waals surface area contributed by atoms with Gasteiger partial charge in [0.25, 0.3) is 5.91 Å². The second-order valence-corrected chi connectivity index (χ2v) is 8.47. The van der Waals surface area contributed by atoms with Crippen LogP contribution in [-0.2, 0) is 6.54 Å². The third-order valence-electron chi connectivity index (χ3n) is 5.11. The minimum Gasteiger partial charge on any atom is -0.494 e. The van der Waals surface area contributed by atoms with E-state index in [4.69, 9.17) is 19.2 Å². The zero-order valence-electron chi connectivity index (χ0n) is 19.6. The van der Waals surface area contributed by atoms with Gasteiger partial charge < -0.3 is 14.2 Å². The molecule has 0 bridgehead atoms. The summed E-state index contributed by atoms with van der Waals surface area (Å²) in [5.41, 5.74) is 2.36. The van der Waals surface area contributed by atoms with Crippen molar-refractivity contribution in [1.29, 1.82) is 0 Å². The number of ether oxygens (including phenoxy) is 3. The number of aromatic nitrogens is 1. The number of rotatable bonds is 10. The number of carbonyl (C=O) groups excluding carboxylic acids is 1. The van der Waals surface area contributed by atoms with E-state index in [2.05, 4.69) is 0 Å². The van der Waals surface area contributed by atoms with Crippen molar-refractivity contribution in [3.05, 3.63) is 77.9 Å². The molecule has 3 aromatic carbocycles. The molecular formula is C27H28N2O4S. The first kappa shape index (κ1) is 23.6. The Balaban J connectivity index is 1.73. The Hall–Kier alpha value is -3.58. The van der Waals surface area contributed by atoms with Crippen molar-refractivity contribution in [1.82, 2.24) is 4.98 Å². The lowest BCUT2D eigenvalue weighted by Crippen LogP contribution is -2.30. The van der Waals surface area contributed by atoms with Gasteiger partial charge in [-0.25, -0.2) is 4.98 Å². The lowest BCUT2D eigenvalue weighted by atomic mass is 10.1. The van der Waals surface area contributed by atoms with Crippen LogP contribution >= 0.6 is 11.3 Å². The quantitative estimate of drug-likeness (QED) is 0.267. The fourth-order valence-electron chi connectivity index (χ4n) is 3.60. The van der Waals surface area contributed by atoms with Gasteiger partial charge in [-0.3, -0.25) is 9.69 Å². The van der Waals surface area contributed by atoms with Gasteiger partial charge in [0.2, 0.25) is 0 Å². The molecule has 7 heteroatoms. The Kier molecular flexibility index (Phi) is 7.65. The molecule has 0 unspecified atom stereocenters. The van der Waals surface area contributed by atoms with E-state index in [-0.39, 0.29) is 5.91 Å². The number of nitrogens with zero attached hydrogens (tertiary/aromatic N) is 2. The monoisotopic (exact) mass is 476 g/mol. The van der Waals surface area contributed by atoms with Crippen LogP contribution in [0.15, 0.2) is 66.7 Å². The summed E-state index contributed by atoms with van der Waals surface area (Å²) in [7, 11) is 0. The molecule has 0 atom stereocenters. The van der Waals surface area contributed by atoms with Crippen LogP contribution in [0, 0.1) is 0 Å². The van der Waals surface area contributed by atoms with E-state index in [9.17, 15) is 4.79 Å². The molecule has 6 nitrogen and oxygen atoms in total. The first-order valence-electron chi connectivity index (χ1n) is 11.4. The van der Waals surface area contributed by atoms with Crippen LogP contribution in [0.4, 0.5) is 5.13 Å². The highest BCUT2D eigenvalue weighted by Gasteiger charge is 2.23. The van der Waals surface area contributed by atoms with E-state index in [1.807, 2.05) is 69.3 Å². The highest BCUT2D eigenvalue weighted by atomic mass is 32.1. The fourth-order valence-corrected chi connectivity index (χ4v) is 4.59. The van der Waals surface area contributed by atoms with Crippen molar-refractivity contribution >= 4 is 32.6 Å². The molecule has 0 aliphatic heterocycles. The topological polar surface area (TPSA) is 60.9 Å². The van der Waals surface area contributed by atoms with E-state index < -0.39 is 0 Å². The normalized spacial score (nSPS) is 10.8. The van der Waals surface area contributed by atoms with Gasteiger partial charge in [-0.05, 0) is 62.7 Å². The van der Waals surface area contributed by atoms with Crippen molar-refractivity contribution in [2.24, 2.45) is 0 Å². The number of benzene rings is 3. The molecule has 0 aliphatic rings. The summed E-state index contributed by atoms with van der Waals surface area (Å²) in [5, 5.41) is 0.629.